The van der Waals surface area contributed by atoms with Gasteiger partial charge in [-0.15, -0.1) is 0 Å². The normalized spacial score (nSPS) is 13.0. The fourth-order valence-corrected chi connectivity index (χ4v) is 3.43. The molecule has 0 spiro atoms. The first-order chi connectivity index (χ1) is 14.7. The van der Waals surface area contributed by atoms with Crippen LogP contribution >= 0.6 is 11.6 Å². The van der Waals surface area contributed by atoms with Crippen molar-refractivity contribution in [3.63, 3.8) is 0 Å². The molecule has 4 rings (SSSR count). The molecular weight excluding hydrogens is 434 g/mol. The fourth-order valence-electron chi connectivity index (χ4n) is 3.19. The Hall–Kier alpha value is -3.26. The van der Waals surface area contributed by atoms with Crippen molar-refractivity contribution in [2.45, 2.75) is 19.0 Å². The van der Waals surface area contributed by atoms with Crippen LogP contribution in [0.1, 0.15) is 22.4 Å². The largest absolute Gasteiger partial charge is 0.417 e. The van der Waals surface area contributed by atoms with Crippen molar-refractivity contribution in [1.82, 2.24) is 9.97 Å². The number of allylic oxidation sites excluding steroid dienone is 1. The zero-order valence-electron chi connectivity index (χ0n) is 15.8. The SMILES string of the molecule is O=C(Cc1ccc(-c2cnc3c(c2)C=C(Cl)C3)cc1F)Nc1ccc(C(F)(F)F)cn1. The van der Waals surface area contributed by atoms with Crippen molar-refractivity contribution in [2.24, 2.45) is 0 Å². The molecule has 2 heterocycles. The highest BCUT2D eigenvalue weighted by Crippen LogP contribution is 2.31. The van der Waals surface area contributed by atoms with E-state index in [0.29, 0.717) is 28.8 Å². The summed E-state index contributed by atoms with van der Waals surface area (Å²) in [6, 6.07) is 8.19. The number of amides is 1. The van der Waals surface area contributed by atoms with E-state index >= 15 is 0 Å². The lowest BCUT2D eigenvalue weighted by atomic mass is 10.0. The summed E-state index contributed by atoms with van der Waals surface area (Å²) in [5, 5.41) is 3.05. The number of nitrogens with zero attached hydrogens (tertiary/aromatic N) is 2. The summed E-state index contributed by atoms with van der Waals surface area (Å²) in [6.45, 7) is 0. The zero-order chi connectivity index (χ0) is 22.2. The molecule has 1 aliphatic carbocycles. The molecule has 0 bridgehead atoms. The van der Waals surface area contributed by atoms with Crippen LogP contribution in [0.5, 0.6) is 0 Å². The molecule has 0 unspecified atom stereocenters. The number of carbonyl (C=O) groups is 1. The number of halogens is 5. The van der Waals surface area contributed by atoms with E-state index in [1.54, 1.807) is 12.3 Å². The number of benzene rings is 1. The molecule has 0 saturated carbocycles. The molecule has 1 aromatic carbocycles. The van der Waals surface area contributed by atoms with Gasteiger partial charge in [-0.25, -0.2) is 9.37 Å². The second-order valence-electron chi connectivity index (χ2n) is 6.99. The van der Waals surface area contributed by atoms with Crippen molar-refractivity contribution in [3.8, 4) is 11.1 Å². The average molecular weight is 448 g/mol. The van der Waals surface area contributed by atoms with Crippen molar-refractivity contribution in [3.05, 3.63) is 82.0 Å². The Morgan fingerprint density at radius 1 is 1.06 bits per heavy atom. The minimum Gasteiger partial charge on any atom is -0.310 e. The van der Waals surface area contributed by atoms with Crippen molar-refractivity contribution in [1.29, 1.82) is 0 Å². The van der Waals surface area contributed by atoms with Crippen molar-refractivity contribution in [2.75, 3.05) is 5.32 Å². The molecule has 9 heteroatoms. The van der Waals surface area contributed by atoms with Crippen LogP contribution in [0.4, 0.5) is 23.4 Å². The molecule has 0 fully saturated rings. The first-order valence-corrected chi connectivity index (χ1v) is 9.54. The van der Waals surface area contributed by atoms with Gasteiger partial charge < -0.3 is 5.32 Å². The minimum absolute atomic E-state index is 0.0500. The first kappa shape index (κ1) is 21.0. The van der Waals surface area contributed by atoms with Crippen LogP contribution in [0.25, 0.3) is 17.2 Å². The van der Waals surface area contributed by atoms with E-state index in [1.807, 2.05) is 12.1 Å². The number of hydrogen-bond donors (Lipinski definition) is 1. The number of rotatable bonds is 4. The van der Waals surface area contributed by atoms with E-state index in [-0.39, 0.29) is 17.8 Å². The maximum Gasteiger partial charge on any atom is 0.417 e. The van der Waals surface area contributed by atoms with Crippen LogP contribution in [0.3, 0.4) is 0 Å². The number of nitrogens with one attached hydrogen (secondary N) is 1. The monoisotopic (exact) mass is 447 g/mol. The molecule has 4 nitrogen and oxygen atoms in total. The van der Waals surface area contributed by atoms with Crippen LogP contribution in [-0.4, -0.2) is 15.9 Å². The lowest BCUT2D eigenvalue weighted by Gasteiger charge is -2.09. The van der Waals surface area contributed by atoms with E-state index in [2.05, 4.69) is 15.3 Å². The predicted molar refractivity (Wildman–Crippen MR) is 109 cm³/mol. The third-order valence-electron chi connectivity index (χ3n) is 4.75. The van der Waals surface area contributed by atoms with Gasteiger partial charge in [0.1, 0.15) is 11.6 Å². The van der Waals surface area contributed by atoms with Crippen LogP contribution in [0.15, 0.2) is 53.8 Å². The molecule has 0 atom stereocenters. The molecule has 0 radical (unpaired) electrons. The third kappa shape index (κ3) is 4.74. The number of carbonyl (C=O) groups excluding carboxylic acids is 1. The highest BCUT2D eigenvalue weighted by molar-refractivity contribution is 6.32. The van der Waals surface area contributed by atoms with Crippen LogP contribution < -0.4 is 5.32 Å². The van der Waals surface area contributed by atoms with Crippen LogP contribution in [0, 0.1) is 5.82 Å². The second-order valence-corrected chi connectivity index (χ2v) is 7.47. The second kappa shape index (κ2) is 8.11. The van der Waals surface area contributed by atoms with Gasteiger partial charge in [-0.1, -0.05) is 23.7 Å². The van der Waals surface area contributed by atoms with Gasteiger partial charge in [0, 0.05) is 29.4 Å². The van der Waals surface area contributed by atoms with Gasteiger partial charge in [0.25, 0.3) is 0 Å². The smallest absolute Gasteiger partial charge is 0.310 e. The van der Waals surface area contributed by atoms with Crippen LogP contribution in [-0.2, 0) is 23.8 Å². The van der Waals surface area contributed by atoms with E-state index in [9.17, 15) is 22.4 Å². The summed E-state index contributed by atoms with van der Waals surface area (Å²) in [6.07, 6.45) is -0.157. The Labute approximate surface area is 179 Å². The summed E-state index contributed by atoms with van der Waals surface area (Å²) in [5.41, 5.74) is 2.27. The Balaban J connectivity index is 1.45. The molecule has 2 aromatic heterocycles. The van der Waals surface area contributed by atoms with E-state index in [0.717, 1.165) is 23.4 Å². The van der Waals surface area contributed by atoms with Crippen molar-refractivity contribution < 1.29 is 22.4 Å². The van der Waals surface area contributed by atoms with Gasteiger partial charge in [0.15, 0.2) is 0 Å². The van der Waals surface area contributed by atoms with Gasteiger partial charge in [-0.05, 0) is 47.0 Å². The lowest BCUT2D eigenvalue weighted by Crippen LogP contribution is -2.16. The van der Waals surface area contributed by atoms with Gasteiger partial charge >= 0.3 is 6.18 Å². The van der Waals surface area contributed by atoms with Gasteiger partial charge in [-0.3, -0.25) is 9.78 Å². The molecule has 1 N–H and O–H groups in total. The number of alkyl halides is 3. The maximum atomic E-state index is 14.6. The first-order valence-electron chi connectivity index (χ1n) is 9.16. The molecular formula is C22H14ClF4N3O. The topological polar surface area (TPSA) is 54.9 Å². The zero-order valence-corrected chi connectivity index (χ0v) is 16.6. The Morgan fingerprint density at radius 2 is 1.87 bits per heavy atom. The molecule has 1 amide bonds. The standard InChI is InChI=1S/C22H14ClF4N3O/c23-17-6-14-5-15(10-28-19(14)9-17)12-1-2-13(18(24)7-12)8-21(31)30-20-4-3-16(11-29-20)22(25,26)27/h1-7,10-11H,8-9H2,(H,29,30,31). The van der Waals surface area contributed by atoms with Crippen molar-refractivity contribution >= 4 is 29.4 Å². The minimum atomic E-state index is -4.52. The Morgan fingerprint density at radius 3 is 2.55 bits per heavy atom. The predicted octanol–water partition coefficient (Wildman–Crippen LogP) is 5.62. The Bertz CT molecular complexity index is 1190. The number of hydrogen-bond acceptors (Lipinski definition) is 3. The van der Waals surface area contributed by atoms with Gasteiger partial charge in [0.05, 0.1) is 17.7 Å². The Kier molecular flexibility index (Phi) is 5.49. The molecule has 3 aromatic rings. The average Bonchev–Trinajstić information content (AvgIpc) is 3.08. The van der Waals surface area contributed by atoms with Gasteiger partial charge in [-0.2, -0.15) is 13.2 Å². The number of aromatic nitrogens is 2. The third-order valence-corrected chi connectivity index (χ3v) is 4.99. The molecule has 31 heavy (non-hydrogen) atoms. The maximum absolute atomic E-state index is 14.6. The van der Waals surface area contributed by atoms with E-state index in [4.69, 9.17) is 11.6 Å². The summed E-state index contributed by atoms with van der Waals surface area (Å²) in [7, 11) is 0. The molecule has 0 saturated heterocycles. The summed E-state index contributed by atoms with van der Waals surface area (Å²) in [4.78, 5) is 20.1. The molecule has 0 aliphatic heterocycles. The molecule has 158 valence electrons. The highest BCUT2D eigenvalue weighted by Gasteiger charge is 2.30. The number of anilines is 1. The number of pyridine rings is 2. The fraction of sp³-hybridized carbons (Fsp3) is 0.136. The summed E-state index contributed by atoms with van der Waals surface area (Å²) >= 11 is 6.02. The van der Waals surface area contributed by atoms with E-state index < -0.39 is 23.5 Å². The van der Waals surface area contributed by atoms with Crippen LogP contribution in [0.2, 0.25) is 0 Å². The van der Waals surface area contributed by atoms with Gasteiger partial charge in [0.2, 0.25) is 5.91 Å². The quantitative estimate of drug-likeness (QED) is 0.528. The summed E-state index contributed by atoms with van der Waals surface area (Å²) < 4.78 is 52.3. The summed E-state index contributed by atoms with van der Waals surface area (Å²) in [5.74, 6) is -1.23. The number of fused-ring (bicyclic) bond motifs is 1. The highest BCUT2D eigenvalue weighted by atomic mass is 35.5. The van der Waals surface area contributed by atoms with E-state index in [1.165, 1.54) is 12.1 Å². The molecule has 1 aliphatic rings. The lowest BCUT2D eigenvalue weighted by molar-refractivity contribution is -0.137.